The fraction of sp³-hybridized carbons (Fsp3) is 0.200. The van der Waals surface area contributed by atoms with E-state index in [0.717, 1.165) is 43.6 Å². The highest BCUT2D eigenvalue weighted by atomic mass is 32.2. The topological polar surface area (TPSA) is 126 Å². The third-order valence-corrected chi connectivity index (χ3v) is 7.69. The summed E-state index contributed by atoms with van der Waals surface area (Å²) in [6.45, 7) is 1.64. The van der Waals surface area contributed by atoms with Crippen molar-refractivity contribution in [3.8, 4) is 39.5 Å². The summed E-state index contributed by atoms with van der Waals surface area (Å²) >= 11 is 0. The van der Waals surface area contributed by atoms with Gasteiger partial charge in [-0.1, -0.05) is 6.07 Å². The number of allylic oxidation sites excluding steroid dienone is 1. The third-order valence-electron chi connectivity index (χ3n) is 6.53. The van der Waals surface area contributed by atoms with Crippen molar-refractivity contribution in [3.63, 3.8) is 0 Å². The molecule has 0 atom stereocenters. The normalized spacial score (nSPS) is 12.7. The fourth-order valence-electron chi connectivity index (χ4n) is 4.40. The molecule has 3 N–H and O–H groups in total. The fourth-order valence-corrected chi connectivity index (χ4v) is 5.35. The van der Waals surface area contributed by atoms with Crippen LogP contribution in [-0.2, 0) is 16.4 Å². The molecule has 0 aliphatic rings. The molecule has 3 aromatic carbocycles. The zero-order valence-electron chi connectivity index (χ0n) is 24.1. The number of alkyl halides is 6. The van der Waals surface area contributed by atoms with Crippen LogP contribution in [0.15, 0.2) is 75.7 Å². The Morgan fingerprint density at radius 2 is 1.65 bits per heavy atom. The zero-order valence-corrected chi connectivity index (χ0v) is 24.9. The number of nitrogens with one attached hydrogen (secondary N) is 2. The molecule has 0 amide bonds. The zero-order chi connectivity index (χ0) is 34.2. The summed E-state index contributed by atoms with van der Waals surface area (Å²) in [6.07, 6.45) is -8.09. The Hall–Kier alpha value is -4.70. The van der Waals surface area contributed by atoms with Crippen LogP contribution in [-0.4, -0.2) is 43.0 Å². The number of anilines is 1. The molecular weight excluding hydrogens is 647 g/mol. The molecule has 0 radical (unpaired) electrons. The molecule has 0 saturated carbocycles. The largest absolute Gasteiger partial charge is 0.573 e. The van der Waals surface area contributed by atoms with E-state index in [-0.39, 0.29) is 45.3 Å². The Labute approximate surface area is 257 Å². The van der Waals surface area contributed by atoms with E-state index >= 15 is 0 Å². The molecule has 1 heterocycles. The second-order valence-corrected chi connectivity index (χ2v) is 11.9. The Morgan fingerprint density at radius 3 is 2.22 bits per heavy atom. The standard InChI is InChI=1S/C30H24F7N3O5S/c1-15(28(38)29(32,33)34)13-39-24-9-6-18(19-11-23(31)22(14-41)25(12-19)46(3,42)43)10-21(24)27-26(40-16(2)44-27)17-4-7-20(8-5-17)45-30(35,36)37/h4-13,38-39,41H,14H2,1-3H3/b15-13-,38-28?. The van der Waals surface area contributed by atoms with Gasteiger partial charge in [0.05, 0.1) is 11.5 Å². The summed E-state index contributed by atoms with van der Waals surface area (Å²) in [4.78, 5) is 3.86. The molecule has 0 aliphatic heterocycles. The van der Waals surface area contributed by atoms with Gasteiger partial charge in [0.25, 0.3) is 0 Å². The number of aliphatic hydroxyl groups excluding tert-OH is 1. The first-order valence-corrected chi connectivity index (χ1v) is 14.9. The number of aliphatic hydroxyl groups is 1. The molecule has 46 heavy (non-hydrogen) atoms. The van der Waals surface area contributed by atoms with Crippen molar-refractivity contribution in [3.05, 3.63) is 83.6 Å². The Morgan fingerprint density at radius 1 is 1.02 bits per heavy atom. The molecule has 0 saturated heterocycles. The monoisotopic (exact) mass is 671 g/mol. The molecule has 0 bridgehead atoms. The summed E-state index contributed by atoms with van der Waals surface area (Å²) in [7, 11) is -4.00. The Bertz CT molecular complexity index is 1930. The molecule has 1 aromatic heterocycles. The minimum atomic E-state index is -4.93. The van der Waals surface area contributed by atoms with Crippen molar-refractivity contribution >= 4 is 21.2 Å². The van der Waals surface area contributed by atoms with E-state index in [1.807, 2.05) is 0 Å². The van der Waals surface area contributed by atoms with Crippen molar-refractivity contribution in [1.82, 2.24) is 4.98 Å². The van der Waals surface area contributed by atoms with E-state index in [1.54, 1.807) is 0 Å². The van der Waals surface area contributed by atoms with Gasteiger partial charge in [-0.15, -0.1) is 13.2 Å². The smallest absolute Gasteiger partial charge is 0.440 e. The van der Waals surface area contributed by atoms with E-state index in [9.17, 15) is 44.3 Å². The average molecular weight is 672 g/mol. The van der Waals surface area contributed by atoms with Gasteiger partial charge in [0.15, 0.2) is 21.5 Å². The summed E-state index contributed by atoms with van der Waals surface area (Å²) in [5, 5.41) is 19.6. The van der Waals surface area contributed by atoms with Gasteiger partial charge in [0.1, 0.15) is 23.0 Å². The van der Waals surface area contributed by atoms with E-state index in [0.29, 0.717) is 0 Å². The maximum absolute atomic E-state index is 15.0. The van der Waals surface area contributed by atoms with E-state index in [4.69, 9.17) is 9.83 Å². The van der Waals surface area contributed by atoms with Gasteiger partial charge in [-0.2, -0.15) is 13.2 Å². The van der Waals surface area contributed by atoms with Crippen molar-refractivity contribution in [2.24, 2.45) is 0 Å². The first-order chi connectivity index (χ1) is 21.3. The quantitative estimate of drug-likeness (QED) is 0.122. The van der Waals surface area contributed by atoms with Crippen LogP contribution < -0.4 is 10.1 Å². The molecule has 244 valence electrons. The number of hydrogen-bond donors (Lipinski definition) is 3. The van der Waals surface area contributed by atoms with Crippen molar-refractivity contribution < 1.29 is 53.4 Å². The van der Waals surface area contributed by atoms with Crippen LogP contribution in [0.25, 0.3) is 33.7 Å². The minimum absolute atomic E-state index is 0.000854. The van der Waals surface area contributed by atoms with Gasteiger partial charge in [-0.05, 0) is 72.2 Å². The number of oxazole rings is 1. The number of ether oxygens (including phenoxy) is 1. The lowest BCUT2D eigenvalue weighted by Crippen LogP contribution is -2.23. The first kappa shape index (κ1) is 34.2. The SMILES string of the molecule is C/C(=C/Nc1ccc(-c2cc(F)c(CO)c(S(C)(=O)=O)c2)cc1-c1oc(C)nc1-c1ccc(OC(F)(F)F)cc1)C(=N)C(F)(F)F. The van der Waals surface area contributed by atoms with Crippen LogP contribution in [0.5, 0.6) is 5.75 Å². The van der Waals surface area contributed by atoms with Gasteiger partial charge < -0.3 is 19.6 Å². The van der Waals surface area contributed by atoms with Crippen LogP contribution in [0.1, 0.15) is 18.4 Å². The number of rotatable bonds is 9. The van der Waals surface area contributed by atoms with Gasteiger partial charge in [0.2, 0.25) is 0 Å². The lowest BCUT2D eigenvalue weighted by Gasteiger charge is -2.15. The Balaban J connectivity index is 1.91. The summed E-state index contributed by atoms with van der Waals surface area (Å²) in [5.41, 5.74) is -1.64. The summed E-state index contributed by atoms with van der Waals surface area (Å²) in [5.74, 6) is -1.42. The molecule has 16 heteroatoms. The molecule has 0 fully saturated rings. The second kappa shape index (κ2) is 12.6. The summed E-state index contributed by atoms with van der Waals surface area (Å²) < 4.78 is 127. The number of sulfone groups is 1. The van der Waals surface area contributed by atoms with E-state index in [2.05, 4.69) is 15.0 Å². The van der Waals surface area contributed by atoms with Crippen molar-refractivity contribution in [2.45, 2.75) is 37.9 Å². The van der Waals surface area contributed by atoms with E-state index < -0.39 is 62.3 Å². The lowest BCUT2D eigenvalue weighted by atomic mass is 9.97. The predicted octanol–water partition coefficient (Wildman–Crippen LogP) is 7.82. The molecule has 8 nitrogen and oxygen atoms in total. The highest BCUT2D eigenvalue weighted by Crippen LogP contribution is 2.40. The average Bonchev–Trinajstić information content (AvgIpc) is 3.34. The second-order valence-electron chi connectivity index (χ2n) is 9.95. The first-order valence-electron chi connectivity index (χ1n) is 13.0. The molecule has 0 unspecified atom stereocenters. The molecule has 4 aromatic rings. The number of aromatic nitrogens is 1. The molecule has 0 spiro atoms. The number of benzene rings is 3. The molecular formula is C30H24F7N3O5S. The number of hydrogen-bond acceptors (Lipinski definition) is 8. The van der Waals surface area contributed by atoms with Gasteiger partial charge in [0, 0.05) is 41.8 Å². The van der Waals surface area contributed by atoms with Gasteiger partial charge in [-0.25, -0.2) is 17.8 Å². The van der Waals surface area contributed by atoms with Crippen LogP contribution >= 0.6 is 0 Å². The third kappa shape index (κ3) is 7.74. The maximum Gasteiger partial charge on any atom is 0.573 e. The number of halogens is 7. The molecule has 0 aliphatic carbocycles. The Kier molecular flexibility index (Phi) is 9.36. The summed E-state index contributed by atoms with van der Waals surface area (Å²) in [6, 6.07) is 11.0. The van der Waals surface area contributed by atoms with Gasteiger partial charge in [-0.3, -0.25) is 5.41 Å². The molecule has 4 rings (SSSR count). The van der Waals surface area contributed by atoms with Crippen molar-refractivity contribution in [2.75, 3.05) is 11.6 Å². The lowest BCUT2D eigenvalue weighted by molar-refractivity contribution is -0.274. The van der Waals surface area contributed by atoms with Crippen LogP contribution in [0.3, 0.4) is 0 Å². The number of aryl methyl sites for hydroxylation is 1. The maximum atomic E-state index is 15.0. The highest BCUT2D eigenvalue weighted by molar-refractivity contribution is 7.90. The van der Waals surface area contributed by atoms with Crippen molar-refractivity contribution in [1.29, 1.82) is 5.41 Å². The predicted molar refractivity (Wildman–Crippen MR) is 154 cm³/mol. The minimum Gasteiger partial charge on any atom is -0.440 e. The van der Waals surface area contributed by atoms with Crippen LogP contribution in [0.4, 0.5) is 36.4 Å². The van der Waals surface area contributed by atoms with Crippen LogP contribution in [0, 0.1) is 18.2 Å². The highest BCUT2D eigenvalue weighted by Gasteiger charge is 2.35. The number of nitrogens with zero attached hydrogens (tertiary/aromatic N) is 1. The van der Waals surface area contributed by atoms with Crippen LogP contribution in [0.2, 0.25) is 0 Å². The van der Waals surface area contributed by atoms with Gasteiger partial charge >= 0.3 is 12.5 Å². The van der Waals surface area contributed by atoms with E-state index in [1.165, 1.54) is 37.3 Å².